The van der Waals surface area contributed by atoms with Gasteiger partial charge in [0.2, 0.25) is 0 Å². The maximum absolute atomic E-state index is 15.0. The van der Waals surface area contributed by atoms with Gasteiger partial charge in [0.25, 0.3) is 0 Å². The second-order valence-electron chi connectivity index (χ2n) is 6.74. The Kier molecular flexibility index (Phi) is 6.59. The highest BCUT2D eigenvalue weighted by atomic mass is 19.2. The first kappa shape index (κ1) is 24.1. The molecule has 0 N–H and O–H groups in total. The van der Waals surface area contributed by atoms with Crippen LogP contribution in [0.15, 0.2) is 36.4 Å². The molecular formula is C25H6F5N5. The lowest BCUT2D eigenvalue weighted by Gasteiger charge is -2.11. The lowest BCUT2D eigenvalue weighted by molar-refractivity contribution is 0.447. The molecule has 10 heteroatoms. The topological polar surface area (TPSA) is 119 Å². The van der Waals surface area contributed by atoms with Crippen molar-refractivity contribution in [2.75, 3.05) is 0 Å². The van der Waals surface area contributed by atoms with Crippen molar-refractivity contribution in [1.82, 2.24) is 0 Å². The predicted molar refractivity (Wildman–Crippen MR) is 110 cm³/mol. The highest BCUT2D eigenvalue weighted by Crippen LogP contribution is 2.29. The SMILES string of the molecule is N#CC(C#N)=c1cc/c(=C(/C#N)c2c(F)c(F)c(C#N)c(F)c2F)c(-c2cccc(C#N)c2F)c1. The van der Waals surface area contributed by atoms with Crippen LogP contribution in [-0.4, -0.2) is 0 Å². The number of hydrogen-bond donors (Lipinski definition) is 0. The Morgan fingerprint density at radius 2 is 1.26 bits per heavy atom. The van der Waals surface area contributed by atoms with Gasteiger partial charge in [0, 0.05) is 16.0 Å². The van der Waals surface area contributed by atoms with Crippen LogP contribution in [0.3, 0.4) is 0 Å². The molecule has 0 saturated carbocycles. The van der Waals surface area contributed by atoms with Gasteiger partial charge in [-0.3, -0.25) is 0 Å². The smallest absolute Gasteiger partial charge is 0.180 e. The van der Waals surface area contributed by atoms with Crippen LogP contribution in [0.4, 0.5) is 22.0 Å². The molecule has 0 unspecified atom stereocenters. The summed E-state index contributed by atoms with van der Waals surface area (Å²) in [5.74, 6) is -9.22. The van der Waals surface area contributed by atoms with Crippen molar-refractivity contribution in [2.24, 2.45) is 0 Å². The van der Waals surface area contributed by atoms with Crippen molar-refractivity contribution in [2.45, 2.75) is 0 Å². The van der Waals surface area contributed by atoms with E-state index in [9.17, 15) is 33.3 Å². The molecular weight excluding hydrogens is 465 g/mol. The third-order valence-electron chi connectivity index (χ3n) is 4.95. The first-order chi connectivity index (χ1) is 16.7. The van der Waals surface area contributed by atoms with Crippen molar-refractivity contribution < 1.29 is 22.0 Å². The van der Waals surface area contributed by atoms with Gasteiger partial charge in [-0.2, -0.15) is 26.3 Å². The molecule has 0 radical (unpaired) electrons. The van der Waals surface area contributed by atoms with Crippen LogP contribution < -0.4 is 10.4 Å². The third-order valence-corrected chi connectivity index (χ3v) is 4.95. The van der Waals surface area contributed by atoms with E-state index in [2.05, 4.69) is 0 Å². The number of nitriles is 5. The number of nitrogens with zero attached hydrogens (tertiary/aromatic N) is 5. The van der Waals surface area contributed by atoms with Gasteiger partial charge in [-0.05, 0) is 17.7 Å². The highest BCUT2D eigenvalue weighted by Gasteiger charge is 2.28. The predicted octanol–water partition coefficient (Wildman–Crippen LogP) is 3.71. The van der Waals surface area contributed by atoms with Crippen molar-refractivity contribution >= 4 is 11.1 Å². The molecule has 0 aliphatic rings. The summed E-state index contributed by atoms with van der Waals surface area (Å²) in [4.78, 5) is 0. The average Bonchev–Trinajstić information content (AvgIpc) is 2.87. The quantitative estimate of drug-likeness (QED) is 0.417. The molecule has 0 bridgehead atoms. The second kappa shape index (κ2) is 9.55. The molecule has 5 nitrogen and oxygen atoms in total. The minimum atomic E-state index is -2.03. The van der Waals surface area contributed by atoms with Crippen LogP contribution in [-0.2, 0) is 0 Å². The number of halogens is 5. The summed E-state index contributed by atoms with van der Waals surface area (Å²) >= 11 is 0. The Morgan fingerprint density at radius 3 is 1.77 bits per heavy atom. The van der Waals surface area contributed by atoms with E-state index in [0.717, 1.165) is 36.4 Å². The van der Waals surface area contributed by atoms with Gasteiger partial charge in [0.05, 0.1) is 16.7 Å². The first-order valence-corrected chi connectivity index (χ1v) is 9.29. The summed E-state index contributed by atoms with van der Waals surface area (Å²) in [7, 11) is 0. The molecule has 0 heterocycles. The number of rotatable bonds is 2. The molecule has 0 fully saturated rings. The molecule has 166 valence electrons. The molecule has 0 amide bonds. The van der Waals surface area contributed by atoms with Gasteiger partial charge < -0.3 is 0 Å². The summed E-state index contributed by atoms with van der Waals surface area (Å²) in [6, 6.07) is 14.0. The Bertz CT molecular complexity index is 1710. The maximum Gasteiger partial charge on any atom is 0.180 e. The molecule has 3 aromatic carbocycles. The van der Waals surface area contributed by atoms with Crippen LogP contribution in [0.1, 0.15) is 16.7 Å². The van der Waals surface area contributed by atoms with Gasteiger partial charge in [0.15, 0.2) is 23.3 Å². The summed E-state index contributed by atoms with van der Waals surface area (Å²) in [5.41, 5.74) is -5.49. The van der Waals surface area contributed by atoms with E-state index < -0.39 is 62.1 Å². The van der Waals surface area contributed by atoms with E-state index in [-0.39, 0.29) is 16.3 Å². The Hall–Kier alpha value is -5.50. The molecule has 0 atom stereocenters. The van der Waals surface area contributed by atoms with E-state index in [1.165, 1.54) is 12.1 Å². The maximum atomic E-state index is 15.0. The van der Waals surface area contributed by atoms with Crippen LogP contribution in [0, 0.1) is 85.7 Å². The Morgan fingerprint density at radius 1 is 0.629 bits per heavy atom. The fourth-order valence-corrected chi connectivity index (χ4v) is 3.32. The zero-order chi connectivity index (χ0) is 25.9. The van der Waals surface area contributed by atoms with Crippen molar-refractivity contribution in [1.29, 1.82) is 26.3 Å². The van der Waals surface area contributed by atoms with Gasteiger partial charge in [-0.15, -0.1) is 0 Å². The largest absolute Gasteiger partial charge is 0.205 e. The molecule has 35 heavy (non-hydrogen) atoms. The van der Waals surface area contributed by atoms with Crippen LogP contribution in [0.5, 0.6) is 0 Å². The minimum absolute atomic E-state index is 0.0640. The molecule has 0 aliphatic heterocycles. The molecule has 0 saturated heterocycles. The van der Waals surface area contributed by atoms with Gasteiger partial charge in [0.1, 0.15) is 47.3 Å². The fourth-order valence-electron chi connectivity index (χ4n) is 3.32. The van der Waals surface area contributed by atoms with E-state index >= 15 is 4.39 Å². The lowest BCUT2D eigenvalue weighted by atomic mass is 9.93. The normalized spacial score (nSPS) is 10.7. The zero-order valence-corrected chi connectivity index (χ0v) is 17.1. The summed E-state index contributed by atoms with van der Waals surface area (Å²) < 4.78 is 73.1. The van der Waals surface area contributed by atoms with Crippen molar-refractivity contribution in [3.8, 4) is 41.5 Å². The van der Waals surface area contributed by atoms with E-state index in [4.69, 9.17) is 10.5 Å². The molecule has 3 aromatic rings. The standard InChI is InChI=1S/C25H6F5N5/c26-21-13(7-31)2-1-3-16(21)17-6-12(14(8-32)9-33)4-5-15(17)18(10-34)20-24(29)22(27)19(11-35)23(28)25(20)30/h1-6H/b18-15+. The zero-order valence-electron chi connectivity index (χ0n) is 17.1. The third kappa shape index (κ3) is 3.91. The summed E-state index contributed by atoms with van der Waals surface area (Å²) in [6.45, 7) is 0. The van der Waals surface area contributed by atoms with Crippen molar-refractivity contribution in [3.63, 3.8) is 0 Å². The van der Waals surface area contributed by atoms with Crippen LogP contribution >= 0.6 is 0 Å². The first-order valence-electron chi connectivity index (χ1n) is 9.29. The van der Waals surface area contributed by atoms with E-state index in [1.807, 2.05) is 0 Å². The summed E-state index contributed by atoms with van der Waals surface area (Å²) in [5, 5.41) is 45.5. The van der Waals surface area contributed by atoms with Crippen LogP contribution in [0.2, 0.25) is 0 Å². The van der Waals surface area contributed by atoms with Crippen LogP contribution in [0.25, 0.3) is 22.3 Å². The van der Waals surface area contributed by atoms with Gasteiger partial charge in [-0.1, -0.05) is 24.3 Å². The highest BCUT2D eigenvalue weighted by molar-refractivity contribution is 5.83. The van der Waals surface area contributed by atoms with E-state index in [0.29, 0.717) is 0 Å². The molecule has 0 spiro atoms. The number of hydrogen-bond acceptors (Lipinski definition) is 5. The second-order valence-corrected chi connectivity index (χ2v) is 6.74. The van der Waals surface area contributed by atoms with Gasteiger partial charge in [-0.25, -0.2) is 22.0 Å². The Labute approximate surface area is 194 Å². The fraction of sp³-hybridized carbons (Fsp3) is 0. The average molecular weight is 471 g/mol. The number of benzene rings is 3. The van der Waals surface area contributed by atoms with Gasteiger partial charge >= 0.3 is 0 Å². The minimum Gasteiger partial charge on any atom is -0.205 e. The van der Waals surface area contributed by atoms with Crippen molar-refractivity contribution in [3.05, 3.63) is 92.6 Å². The Balaban J connectivity index is 2.67. The molecule has 3 rings (SSSR count). The molecule has 0 aromatic heterocycles. The molecule has 0 aliphatic carbocycles. The summed E-state index contributed by atoms with van der Waals surface area (Å²) in [6.07, 6.45) is 0. The monoisotopic (exact) mass is 471 g/mol. The van der Waals surface area contributed by atoms with E-state index in [1.54, 1.807) is 18.2 Å². The lowest BCUT2D eigenvalue weighted by Crippen LogP contribution is -2.19.